The number of hydrogen-bond donors (Lipinski definition) is 4. The van der Waals surface area contributed by atoms with E-state index in [1.807, 2.05) is 12.3 Å². The van der Waals surface area contributed by atoms with Crippen LogP contribution >= 0.6 is 0 Å². The zero-order valence-electron chi connectivity index (χ0n) is 22.0. The van der Waals surface area contributed by atoms with Gasteiger partial charge in [-0.3, -0.25) is 19.4 Å². The van der Waals surface area contributed by atoms with Crippen molar-refractivity contribution in [1.29, 1.82) is 0 Å². The molecule has 202 valence electrons. The maximum Gasteiger partial charge on any atom is 0.405 e. The molecule has 0 aliphatic heterocycles. The quantitative estimate of drug-likeness (QED) is 0.285. The number of amides is 3. The molecular weight excluding hydrogens is 488 g/mol. The van der Waals surface area contributed by atoms with E-state index in [-0.39, 0.29) is 31.0 Å². The van der Waals surface area contributed by atoms with Crippen molar-refractivity contribution in [2.45, 2.75) is 45.7 Å². The average molecular weight is 523 g/mol. The average Bonchev–Trinajstić information content (AvgIpc) is 3.26. The number of pyridine rings is 2. The highest BCUT2D eigenvalue weighted by Gasteiger charge is 2.21. The van der Waals surface area contributed by atoms with Gasteiger partial charge in [0.25, 0.3) is 5.56 Å². The molecule has 1 unspecified atom stereocenters. The summed E-state index contributed by atoms with van der Waals surface area (Å²) in [6.07, 6.45) is 8.08. The van der Waals surface area contributed by atoms with Crippen LogP contribution in [0.25, 0.3) is 10.9 Å². The maximum atomic E-state index is 13.1. The molecular formula is C27H34N6O5. The van der Waals surface area contributed by atoms with Gasteiger partial charge in [-0.25, -0.2) is 4.79 Å². The van der Waals surface area contributed by atoms with Crippen molar-refractivity contribution in [3.8, 4) is 0 Å². The van der Waals surface area contributed by atoms with E-state index in [0.717, 1.165) is 28.6 Å². The Labute approximate surface area is 220 Å². The number of carbonyl (C=O) groups excluding carboxylic acids is 2. The molecule has 3 aromatic rings. The zero-order chi connectivity index (χ0) is 27.8. The molecule has 3 rings (SSSR count). The molecule has 11 heteroatoms. The van der Waals surface area contributed by atoms with E-state index in [1.165, 1.54) is 21.6 Å². The number of likely N-dealkylation sites (N-methyl/N-ethyl adjacent to an activating group) is 1. The fourth-order valence-corrected chi connectivity index (χ4v) is 4.02. The Morgan fingerprint density at radius 1 is 1.24 bits per heavy atom. The number of nitrogens with zero attached hydrogens (tertiary/aromatic N) is 3. The first-order valence-corrected chi connectivity index (χ1v) is 12.4. The van der Waals surface area contributed by atoms with Crippen molar-refractivity contribution in [3.05, 3.63) is 70.6 Å². The Morgan fingerprint density at radius 2 is 2.00 bits per heavy atom. The zero-order valence-corrected chi connectivity index (χ0v) is 22.0. The number of rotatable bonds is 11. The van der Waals surface area contributed by atoms with Gasteiger partial charge < -0.3 is 30.2 Å². The van der Waals surface area contributed by atoms with Gasteiger partial charge in [0.05, 0.1) is 12.1 Å². The number of carboxylic acid groups (broad SMARTS) is 1. The monoisotopic (exact) mass is 522 g/mol. The molecule has 0 aliphatic rings. The number of aromatic nitrogens is 3. The van der Waals surface area contributed by atoms with E-state index >= 15 is 0 Å². The molecule has 0 aliphatic carbocycles. The van der Waals surface area contributed by atoms with E-state index < -0.39 is 23.6 Å². The fraction of sp³-hybridized carbons (Fsp3) is 0.370. The van der Waals surface area contributed by atoms with Crippen LogP contribution in [0.2, 0.25) is 0 Å². The van der Waals surface area contributed by atoms with Crippen LogP contribution in [0.3, 0.4) is 0 Å². The second-order valence-electron chi connectivity index (χ2n) is 9.71. The minimum absolute atomic E-state index is 0.0336. The van der Waals surface area contributed by atoms with Crippen LogP contribution in [0.15, 0.2) is 53.7 Å². The van der Waals surface area contributed by atoms with Crippen LogP contribution in [0.1, 0.15) is 37.9 Å². The molecule has 0 radical (unpaired) electrons. The molecule has 0 saturated carbocycles. The number of hydrogen-bond acceptors (Lipinski definition) is 5. The normalized spacial score (nSPS) is 12.1. The highest BCUT2D eigenvalue weighted by atomic mass is 16.4. The third kappa shape index (κ3) is 7.55. The van der Waals surface area contributed by atoms with Crippen molar-refractivity contribution >= 4 is 34.5 Å². The molecule has 0 spiro atoms. The van der Waals surface area contributed by atoms with Crippen molar-refractivity contribution in [3.63, 3.8) is 0 Å². The molecule has 3 aromatic heterocycles. The van der Waals surface area contributed by atoms with Crippen molar-refractivity contribution in [2.24, 2.45) is 5.92 Å². The first kappa shape index (κ1) is 28.2. The number of H-pyrrole nitrogens is 1. The summed E-state index contributed by atoms with van der Waals surface area (Å²) in [5, 5.41) is 14.8. The van der Waals surface area contributed by atoms with Crippen molar-refractivity contribution in [1.82, 2.24) is 24.8 Å². The van der Waals surface area contributed by atoms with Gasteiger partial charge in [0.15, 0.2) is 0 Å². The van der Waals surface area contributed by atoms with Crippen LogP contribution in [0.5, 0.6) is 0 Å². The summed E-state index contributed by atoms with van der Waals surface area (Å²) in [5.74, 6) is -0.415. The second kappa shape index (κ2) is 12.7. The van der Waals surface area contributed by atoms with E-state index in [1.54, 1.807) is 38.6 Å². The van der Waals surface area contributed by atoms with Crippen LogP contribution in [0.4, 0.5) is 10.5 Å². The molecule has 3 heterocycles. The predicted octanol–water partition coefficient (Wildman–Crippen LogP) is 2.97. The molecule has 0 fully saturated rings. The third-order valence-corrected chi connectivity index (χ3v) is 5.85. The number of fused-ring (bicyclic) bond motifs is 1. The highest BCUT2D eigenvalue weighted by Crippen LogP contribution is 2.21. The summed E-state index contributed by atoms with van der Waals surface area (Å²) < 4.78 is 1.46. The Hall–Kier alpha value is -4.41. The summed E-state index contributed by atoms with van der Waals surface area (Å²) >= 11 is 0. The standard InChI is InChI=1S/C27H34N6O5/c1-17(2)12-18-14-28-15-19-13-20(29-24(18)19)16-33-11-7-9-22(26(33)36)30-25(35)21(31-27(37)38)8-5-6-10-23(34)32(3)4/h6-7,9-11,13-15,17,21,29,31H,5,8,12,16H2,1-4H3,(H,30,35)(H,37,38). The second-order valence-corrected chi connectivity index (χ2v) is 9.71. The minimum atomic E-state index is -1.37. The van der Waals surface area contributed by atoms with Gasteiger partial charge in [0.1, 0.15) is 11.7 Å². The van der Waals surface area contributed by atoms with E-state index in [2.05, 4.69) is 34.4 Å². The molecule has 0 saturated heterocycles. The molecule has 3 amide bonds. The van der Waals surface area contributed by atoms with Gasteiger partial charge in [-0.05, 0) is 55.0 Å². The van der Waals surface area contributed by atoms with Gasteiger partial charge in [0.2, 0.25) is 11.8 Å². The smallest absolute Gasteiger partial charge is 0.405 e. The molecule has 0 bridgehead atoms. The SMILES string of the molecule is CC(C)Cc1cncc2cc(Cn3cccc(NC(=O)C(CCC=CC(=O)N(C)C)NC(=O)O)c3=O)[nH]c12. The van der Waals surface area contributed by atoms with Gasteiger partial charge in [-0.15, -0.1) is 0 Å². The largest absolute Gasteiger partial charge is 0.465 e. The Kier molecular flexibility index (Phi) is 9.42. The van der Waals surface area contributed by atoms with Crippen LogP contribution in [-0.4, -0.2) is 62.6 Å². The van der Waals surface area contributed by atoms with Gasteiger partial charge in [-0.2, -0.15) is 0 Å². The van der Waals surface area contributed by atoms with Crippen LogP contribution in [0, 0.1) is 5.92 Å². The number of aromatic amines is 1. The van der Waals surface area contributed by atoms with Crippen molar-refractivity contribution < 1.29 is 19.5 Å². The van der Waals surface area contributed by atoms with Gasteiger partial charge in [0, 0.05) is 43.8 Å². The first-order chi connectivity index (χ1) is 18.0. The summed E-state index contributed by atoms with van der Waals surface area (Å²) in [6.45, 7) is 4.53. The predicted molar refractivity (Wildman–Crippen MR) is 145 cm³/mol. The maximum absolute atomic E-state index is 13.1. The van der Waals surface area contributed by atoms with E-state index in [9.17, 15) is 19.2 Å². The van der Waals surface area contributed by atoms with Crippen molar-refractivity contribution in [2.75, 3.05) is 19.4 Å². The molecule has 4 N–H and O–H groups in total. The minimum Gasteiger partial charge on any atom is -0.465 e. The summed E-state index contributed by atoms with van der Waals surface area (Å²) in [6, 6.07) is 3.95. The summed E-state index contributed by atoms with van der Waals surface area (Å²) in [4.78, 5) is 58.0. The fourth-order valence-electron chi connectivity index (χ4n) is 4.02. The molecule has 11 nitrogen and oxygen atoms in total. The lowest BCUT2D eigenvalue weighted by Crippen LogP contribution is -2.44. The molecule has 1 atom stereocenters. The van der Waals surface area contributed by atoms with E-state index in [4.69, 9.17) is 5.11 Å². The lowest BCUT2D eigenvalue weighted by molar-refractivity contribution is -0.123. The Morgan fingerprint density at radius 3 is 2.68 bits per heavy atom. The van der Waals surface area contributed by atoms with Gasteiger partial charge >= 0.3 is 6.09 Å². The van der Waals surface area contributed by atoms with Gasteiger partial charge in [-0.1, -0.05) is 19.9 Å². The Balaban J connectivity index is 1.74. The summed E-state index contributed by atoms with van der Waals surface area (Å²) in [5.41, 5.74) is 2.52. The number of anilines is 1. The third-order valence-electron chi connectivity index (χ3n) is 5.85. The number of allylic oxidation sites excluding steroid dienone is 1. The Bertz CT molecular complexity index is 1390. The van der Waals surface area contributed by atoms with Crippen LogP contribution in [-0.2, 0) is 22.6 Å². The number of carbonyl (C=O) groups is 3. The topological polar surface area (TPSA) is 149 Å². The lowest BCUT2D eigenvalue weighted by atomic mass is 10.0. The molecule has 38 heavy (non-hydrogen) atoms. The summed E-state index contributed by atoms with van der Waals surface area (Å²) in [7, 11) is 3.22. The first-order valence-electron chi connectivity index (χ1n) is 12.4. The highest BCUT2D eigenvalue weighted by molar-refractivity contribution is 5.96. The number of nitrogens with one attached hydrogen (secondary N) is 3. The van der Waals surface area contributed by atoms with E-state index in [0.29, 0.717) is 5.92 Å². The lowest BCUT2D eigenvalue weighted by Gasteiger charge is -2.16. The van der Waals surface area contributed by atoms with Crippen LogP contribution < -0.4 is 16.2 Å². The molecule has 0 aromatic carbocycles.